The van der Waals surface area contributed by atoms with E-state index in [9.17, 15) is 17.2 Å². The van der Waals surface area contributed by atoms with Crippen LogP contribution in [0, 0.1) is 11.6 Å². The van der Waals surface area contributed by atoms with Gasteiger partial charge in [-0.1, -0.05) is 0 Å². The Morgan fingerprint density at radius 3 is 2.67 bits per heavy atom. The third kappa shape index (κ3) is 3.33. The highest BCUT2D eigenvalue weighted by Gasteiger charge is 2.22. The zero-order valence-electron chi connectivity index (χ0n) is 10.9. The molecular formula is C12H11ClF2N2O3S. The molecule has 21 heavy (non-hydrogen) atoms. The van der Waals surface area contributed by atoms with Crippen LogP contribution >= 0.6 is 10.7 Å². The van der Waals surface area contributed by atoms with Crippen LogP contribution in [-0.4, -0.2) is 18.0 Å². The van der Waals surface area contributed by atoms with Gasteiger partial charge in [-0.05, 0) is 19.1 Å². The van der Waals surface area contributed by atoms with Gasteiger partial charge >= 0.3 is 0 Å². The third-order valence-electron chi connectivity index (χ3n) is 2.79. The molecule has 1 heterocycles. The van der Waals surface area contributed by atoms with Gasteiger partial charge in [-0.25, -0.2) is 17.8 Å². The monoisotopic (exact) mass is 336 g/mol. The van der Waals surface area contributed by atoms with Crippen molar-refractivity contribution >= 4 is 19.7 Å². The van der Waals surface area contributed by atoms with E-state index in [1.165, 1.54) is 6.20 Å². The molecule has 0 aliphatic carbocycles. The van der Waals surface area contributed by atoms with Crippen LogP contribution in [0.25, 0.3) is 0 Å². The Balaban J connectivity index is 2.24. The van der Waals surface area contributed by atoms with Crippen molar-refractivity contribution in [3.05, 3.63) is 42.0 Å². The van der Waals surface area contributed by atoms with E-state index in [4.69, 9.17) is 15.4 Å². The minimum atomic E-state index is -4.35. The molecule has 0 unspecified atom stereocenters. The summed E-state index contributed by atoms with van der Waals surface area (Å²) in [7, 11) is 0.645. The first-order valence-electron chi connectivity index (χ1n) is 5.89. The number of aromatic nitrogens is 2. The minimum Gasteiger partial charge on any atom is -0.484 e. The van der Waals surface area contributed by atoms with Gasteiger partial charge in [0.15, 0.2) is 11.6 Å². The van der Waals surface area contributed by atoms with E-state index < -0.39 is 31.3 Å². The second-order valence-corrected chi connectivity index (χ2v) is 6.62. The number of hydrogen-bond donors (Lipinski definition) is 0. The van der Waals surface area contributed by atoms with Crippen LogP contribution in [0.5, 0.6) is 5.75 Å². The Morgan fingerprint density at radius 1 is 1.33 bits per heavy atom. The molecular weight excluding hydrogens is 326 g/mol. The first kappa shape index (κ1) is 15.7. The van der Waals surface area contributed by atoms with Gasteiger partial charge in [0, 0.05) is 17.2 Å². The smallest absolute Gasteiger partial charge is 0.264 e. The lowest BCUT2D eigenvalue weighted by atomic mass is 10.3. The number of benzene rings is 1. The van der Waals surface area contributed by atoms with E-state index in [0.29, 0.717) is 12.2 Å². The first-order valence-corrected chi connectivity index (χ1v) is 8.20. The predicted molar refractivity (Wildman–Crippen MR) is 71.6 cm³/mol. The molecule has 2 aromatic rings. The van der Waals surface area contributed by atoms with Crippen LogP contribution in [0.15, 0.2) is 29.6 Å². The molecule has 0 saturated carbocycles. The Bertz CT molecular complexity index is 762. The minimum absolute atomic E-state index is 0.0306. The topological polar surface area (TPSA) is 61.2 Å². The zero-order chi connectivity index (χ0) is 15.6. The van der Waals surface area contributed by atoms with Crippen molar-refractivity contribution in [2.45, 2.75) is 25.0 Å². The van der Waals surface area contributed by atoms with Gasteiger partial charge in [0.05, 0.1) is 18.2 Å². The molecule has 0 radical (unpaired) electrons. The fourth-order valence-electron chi connectivity index (χ4n) is 1.72. The van der Waals surface area contributed by atoms with Crippen LogP contribution in [0.4, 0.5) is 8.78 Å². The predicted octanol–water partition coefficient (Wildman–Crippen LogP) is 2.69. The Kier molecular flexibility index (Phi) is 4.48. The van der Waals surface area contributed by atoms with Crippen LogP contribution in [-0.2, 0) is 22.2 Å². The number of rotatable bonds is 5. The van der Waals surface area contributed by atoms with Crippen molar-refractivity contribution in [2.75, 3.05) is 0 Å². The lowest BCUT2D eigenvalue weighted by Crippen LogP contribution is -2.06. The molecule has 0 atom stereocenters. The second kappa shape index (κ2) is 5.98. The van der Waals surface area contributed by atoms with Gasteiger partial charge in [0.25, 0.3) is 9.05 Å². The number of hydrogen-bond acceptors (Lipinski definition) is 4. The summed E-state index contributed by atoms with van der Waals surface area (Å²) in [5.41, 5.74) is 0.673. The number of aryl methyl sites for hydroxylation is 1. The van der Waals surface area contributed by atoms with E-state index in [1.54, 1.807) is 10.9 Å². The summed E-state index contributed by atoms with van der Waals surface area (Å²) in [5, 5.41) is 0. The molecule has 0 N–H and O–H groups in total. The van der Waals surface area contributed by atoms with Gasteiger partial charge in [0.1, 0.15) is 11.5 Å². The number of imidazole rings is 1. The van der Waals surface area contributed by atoms with Crippen LogP contribution in [0.3, 0.4) is 0 Å². The van der Waals surface area contributed by atoms with Gasteiger partial charge in [-0.15, -0.1) is 0 Å². The van der Waals surface area contributed by atoms with E-state index in [0.717, 1.165) is 12.1 Å². The molecule has 9 heteroatoms. The molecule has 1 aromatic carbocycles. The van der Waals surface area contributed by atoms with E-state index in [2.05, 4.69) is 4.98 Å². The van der Waals surface area contributed by atoms with Crippen molar-refractivity contribution in [2.24, 2.45) is 0 Å². The van der Waals surface area contributed by atoms with Crippen LogP contribution < -0.4 is 4.74 Å². The highest BCUT2D eigenvalue weighted by Crippen LogP contribution is 2.28. The summed E-state index contributed by atoms with van der Waals surface area (Å²) >= 11 is 0. The van der Waals surface area contributed by atoms with Gasteiger partial charge in [-0.2, -0.15) is 4.39 Å². The second-order valence-electron chi connectivity index (χ2n) is 4.09. The molecule has 5 nitrogen and oxygen atoms in total. The number of halogens is 3. The van der Waals surface area contributed by atoms with Crippen LogP contribution in [0.2, 0.25) is 0 Å². The maximum atomic E-state index is 13.8. The Labute approximate surface area is 124 Å². The molecule has 1 aromatic heterocycles. The number of nitrogens with zero attached hydrogens (tertiary/aromatic N) is 2. The molecule has 0 spiro atoms. The summed E-state index contributed by atoms with van der Waals surface area (Å²) in [5.74, 6) is -3.37. The quantitative estimate of drug-likeness (QED) is 0.788. The molecule has 0 bridgehead atoms. The summed E-state index contributed by atoms with van der Waals surface area (Å²) in [4.78, 5) is 2.99. The van der Waals surface area contributed by atoms with Crippen molar-refractivity contribution < 1.29 is 21.9 Å². The maximum Gasteiger partial charge on any atom is 0.264 e. The fourth-order valence-corrected chi connectivity index (χ4v) is 2.61. The lowest BCUT2D eigenvalue weighted by molar-refractivity contribution is 0.274. The largest absolute Gasteiger partial charge is 0.484 e. The van der Waals surface area contributed by atoms with Gasteiger partial charge < -0.3 is 9.30 Å². The molecule has 0 fully saturated rings. The third-order valence-corrected chi connectivity index (χ3v) is 4.13. The summed E-state index contributed by atoms with van der Waals surface area (Å²) < 4.78 is 56.4. The van der Waals surface area contributed by atoms with Crippen molar-refractivity contribution in [1.29, 1.82) is 0 Å². The summed E-state index contributed by atoms with van der Waals surface area (Å²) in [6.45, 7) is 2.52. The fraction of sp³-hybridized carbons (Fsp3) is 0.250. The molecule has 0 aliphatic rings. The lowest BCUT2D eigenvalue weighted by Gasteiger charge is -2.10. The number of ether oxygens (including phenoxy) is 1. The highest BCUT2D eigenvalue weighted by atomic mass is 35.7. The Morgan fingerprint density at radius 2 is 2.05 bits per heavy atom. The zero-order valence-corrected chi connectivity index (χ0v) is 12.5. The van der Waals surface area contributed by atoms with Crippen molar-refractivity contribution in [1.82, 2.24) is 9.55 Å². The van der Waals surface area contributed by atoms with Crippen LogP contribution in [0.1, 0.15) is 12.6 Å². The van der Waals surface area contributed by atoms with E-state index >= 15 is 0 Å². The molecule has 0 aliphatic heterocycles. The molecule has 0 amide bonds. The average molecular weight is 337 g/mol. The first-order chi connectivity index (χ1) is 9.84. The molecule has 2 rings (SSSR count). The van der Waals surface area contributed by atoms with Gasteiger partial charge in [-0.3, -0.25) is 0 Å². The standard InChI is InChI=1S/C12H11ClF2N2O3S/c1-2-17-7-16-5-8(17)6-20-9-3-4-10(21(13,18)19)12(15)11(9)14/h3-5,7H,2,6H2,1H3. The normalized spacial score (nSPS) is 11.6. The van der Waals surface area contributed by atoms with Gasteiger partial charge in [0.2, 0.25) is 5.82 Å². The van der Waals surface area contributed by atoms with Crippen molar-refractivity contribution in [3.8, 4) is 5.75 Å². The van der Waals surface area contributed by atoms with E-state index in [1.807, 2.05) is 6.92 Å². The maximum absolute atomic E-state index is 13.8. The average Bonchev–Trinajstić information content (AvgIpc) is 2.86. The van der Waals surface area contributed by atoms with Crippen molar-refractivity contribution in [3.63, 3.8) is 0 Å². The molecule has 0 saturated heterocycles. The summed E-state index contributed by atoms with van der Waals surface area (Å²) in [6.07, 6.45) is 3.12. The summed E-state index contributed by atoms with van der Waals surface area (Å²) in [6, 6.07) is 1.87. The van der Waals surface area contributed by atoms with E-state index in [-0.39, 0.29) is 6.61 Å². The molecule has 114 valence electrons. The SMILES string of the molecule is CCn1cncc1COc1ccc(S(=O)(=O)Cl)c(F)c1F. The highest BCUT2D eigenvalue weighted by molar-refractivity contribution is 8.13. The Hall–Kier alpha value is -1.67.